The summed E-state index contributed by atoms with van der Waals surface area (Å²) in [7, 11) is -3.23. The molecule has 0 radical (unpaired) electrons. The van der Waals surface area contributed by atoms with Gasteiger partial charge in [-0.3, -0.25) is 0 Å². The molecule has 0 saturated heterocycles. The van der Waals surface area contributed by atoms with Crippen LogP contribution in [0.3, 0.4) is 0 Å². The van der Waals surface area contributed by atoms with Crippen molar-refractivity contribution in [2.24, 2.45) is 0 Å². The molecule has 1 aromatic heterocycles. The SMILES string of the molecule is CS(=O)(=O)c1cccc(Oc2ncc(N)s2)c1. The van der Waals surface area contributed by atoms with Crippen LogP contribution in [0.4, 0.5) is 5.00 Å². The van der Waals surface area contributed by atoms with E-state index in [0.29, 0.717) is 15.9 Å². The van der Waals surface area contributed by atoms with Gasteiger partial charge in [0.1, 0.15) is 10.8 Å². The number of benzene rings is 1. The van der Waals surface area contributed by atoms with Gasteiger partial charge in [-0.1, -0.05) is 17.4 Å². The summed E-state index contributed by atoms with van der Waals surface area (Å²) in [5.74, 6) is 0.419. The van der Waals surface area contributed by atoms with E-state index in [0.717, 1.165) is 6.26 Å². The molecule has 0 saturated carbocycles. The fourth-order valence-corrected chi connectivity index (χ4v) is 2.39. The number of hydrogen-bond acceptors (Lipinski definition) is 6. The van der Waals surface area contributed by atoms with Crippen LogP contribution in [0.25, 0.3) is 0 Å². The lowest BCUT2D eigenvalue weighted by Gasteiger charge is -2.03. The summed E-state index contributed by atoms with van der Waals surface area (Å²) in [4.78, 5) is 4.13. The Morgan fingerprint density at radius 3 is 2.76 bits per heavy atom. The quantitative estimate of drug-likeness (QED) is 0.921. The largest absolute Gasteiger partial charge is 0.431 e. The van der Waals surface area contributed by atoms with Gasteiger partial charge in [-0.15, -0.1) is 0 Å². The van der Waals surface area contributed by atoms with Crippen LogP contribution >= 0.6 is 11.3 Å². The van der Waals surface area contributed by atoms with Crippen molar-refractivity contribution < 1.29 is 13.2 Å². The zero-order valence-corrected chi connectivity index (χ0v) is 10.6. The lowest BCUT2D eigenvalue weighted by Crippen LogP contribution is -1.96. The molecule has 0 fully saturated rings. The first-order valence-corrected chi connectivity index (χ1v) is 7.35. The van der Waals surface area contributed by atoms with Crippen molar-refractivity contribution in [2.45, 2.75) is 4.90 Å². The lowest BCUT2D eigenvalue weighted by atomic mass is 10.3. The summed E-state index contributed by atoms with van der Waals surface area (Å²) in [5.41, 5.74) is 5.51. The van der Waals surface area contributed by atoms with Crippen molar-refractivity contribution in [1.82, 2.24) is 4.98 Å². The van der Waals surface area contributed by atoms with Crippen molar-refractivity contribution in [2.75, 3.05) is 12.0 Å². The fourth-order valence-electron chi connectivity index (χ4n) is 1.19. The van der Waals surface area contributed by atoms with E-state index in [1.807, 2.05) is 0 Å². The van der Waals surface area contributed by atoms with Crippen molar-refractivity contribution >= 4 is 26.2 Å². The average Bonchev–Trinajstić information content (AvgIpc) is 2.63. The van der Waals surface area contributed by atoms with Crippen LogP contribution in [0.5, 0.6) is 10.9 Å². The van der Waals surface area contributed by atoms with Crippen LogP contribution in [-0.2, 0) is 9.84 Å². The second-order valence-electron chi connectivity index (χ2n) is 3.38. The average molecular weight is 270 g/mol. The molecule has 2 N–H and O–H groups in total. The topological polar surface area (TPSA) is 82.3 Å². The smallest absolute Gasteiger partial charge is 0.280 e. The minimum Gasteiger partial charge on any atom is -0.431 e. The molecule has 5 nitrogen and oxygen atoms in total. The molecule has 0 aliphatic carbocycles. The number of hydrogen-bond donors (Lipinski definition) is 1. The summed E-state index contributed by atoms with van der Waals surface area (Å²) < 4.78 is 28.1. The molecule has 0 spiro atoms. The van der Waals surface area contributed by atoms with E-state index in [1.54, 1.807) is 12.1 Å². The number of aromatic nitrogens is 1. The molecule has 7 heteroatoms. The van der Waals surface area contributed by atoms with E-state index in [2.05, 4.69) is 4.98 Å². The molecule has 0 aliphatic rings. The molecule has 2 rings (SSSR count). The third-order valence-electron chi connectivity index (χ3n) is 1.94. The van der Waals surface area contributed by atoms with Gasteiger partial charge < -0.3 is 10.5 Å². The molecular weight excluding hydrogens is 260 g/mol. The fraction of sp³-hybridized carbons (Fsp3) is 0.100. The Kier molecular flexibility index (Phi) is 3.03. The Hall–Kier alpha value is -1.60. The highest BCUT2D eigenvalue weighted by Gasteiger charge is 2.09. The van der Waals surface area contributed by atoms with Gasteiger partial charge in [-0.2, -0.15) is 0 Å². The molecule has 17 heavy (non-hydrogen) atoms. The first-order chi connectivity index (χ1) is 7.95. The highest BCUT2D eigenvalue weighted by Crippen LogP contribution is 2.28. The van der Waals surface area contributed by atoms with Crippen molar-refractivity contribution in [3.8, 4) is 10.9 Å². The number of nitrogens with zero attached hydrogens (tertiary/aromatic N) is 1. The van der Waals surface area contributed by atoms with Crippen LogP contribution < -0.4 is 10.5 Å². The van der Waals surface area contributed by atoms with E-state index in [1.165, 1.54) is 29.7 Å². The van der Waals surface area contributed by atoms with Crippen LogP contribution in [0, 0.1) is 0 Å². The maximum Gasteiger partial charge on any atom is 0.280 e. The Morgan fingerprint density at radius 1 is 1.41 bits per heavy atom. The summed E-state index contributed by atoms with van der Waals surface area (Å²) in [6.07, 6.45) is 2.63. The molecular formula is C10H10N2O3S2. The molecule has 90 valence electrons. The van der Waals surface area contributed by atoms with Crippen molar-refractivity contribution in [1.29, 1.82) is 0 Å². The zero-order chi connectivity index (χ0) is 12.5. The Balaban J connectivity index is 2.28. The zero-order valence-electron chi connectivity index (χ0n) is 8.95. The third-order valence-corrected chi connectivity index (χ3v) is 3.76. The number of nitrogen functional groups attached to an aromatic ring is 1. The van der Waals surface area contributed by atoms with Crippen LogP contribution in [-0.4, -0.2) is 19.7 Å². The predicted octanol–water partition coefficient (Wildman–Crippen LogP) is 1.92. The van der Waals surface area contributed by atoms with Gasteiger partial charge in [0.05, 0.1) is 11.1 Å². The monoisotopic (exact) mass is 270 g/mol. The van der Waals surface area contributed by atoms with Gasteiger partial charge in [0.25, 0.3) is 5.19 Å². The lowest BCUT2D eigenvalue weighted by molar-refractivity contribution is 0.477. The number of sulfone groups is 1. The summed E-state index contributed by atoms with van der Waals surface area (Å²) in [6, 6.07) is 6.24. The number of thiazole rings is 1. The predicted molar refractivity (Wildman–Crippen MR) is 66.2 cm³/mol. The van der Waals surface area contributed by atoms with Gasteiger partial charge in [0, 0.05) is 6.26 Å². The number of nitrogens with two attached hydrogens (primary N) is 1. The van der Waals surface area contributed by atoms with E-state index in [-0.39, 0.29) is 4.90 Å². The Morgan fingerprint density at radius 2 is 2.18 bits per heavy atom. The first-order valence-electron chi connectivity index (χ1n) is 4.64. The number of anilines is 1. The highest BCUT2D eigenvalue weighted by atomic mass is 32.2. The molecule has 0 amide bonds. The molecule has 0 atom stereocenters. The van der Waals surface area contributed by atoms with Crippen molar-refractivity contribution in [3.63, 3.8) is 0 Å². The molecule has 0 aliphatic heterocycles. The minimum atomic E-state index is -3.23. The first kappa shape index (κ1) is 11.9. The maximum atomic E-state index is 11.4. The van der Waals surface area contributed by atoms with Crippen LogP contribution in [0.15, 0.2) is 35.4 Å². The van der Waals surface area contributed by atoms with E-state index in [9.17, 15) is 8.42 Å². The van der Waals surface area contributed by atoms with Crippen LogP contribution in [0.1, 0.15) is 0 Å². The molecule has 1 aromatic carbocycles. The molecule has 1 heterocycles. The second-order valence-corrected chi connectivity index (χ2v) is 6.42. The summed E-state index contributed by atoms with van der Waals surface area (Å²) in [5, 5.41) is 0.924. The van der Waals surface area contributed by atoms with Gasteiger partial charge in [-0.25, -0.2) is 13.4 Å². The van der Waals surface area contributed by atoms with E-state index < -0.39 is 9.84 Å². The Bertz CT molecular complexity index is 635. The van der Waals surface area contributed by atoms with E-state index in [4.69, 9.17) is 10.5 Å². The maximum absolute atomic E-state index is 11.4. The van der Waals surface area contributed by atoms with Gasteiger partial charge in [0.15, 0.2) is 9.84 Å². The second kappa shape index (κ2) is 4.34. The summed E-state index contributed by atoms with van der Waals surface area (Å²) >= 11 is 1.19. The molecule has 0 unspecified atom stereocenters. The van der Waals surface area contributed by atoms with Gasteiger partial charge >= 0.3 is 0 Å². The third kappa shape index (κ3) is 2.95. The van der Waals surface area contributed by atoms with E-state index >= 15 is 0 Å². The number of ether oxygens (including phenoxy) is 1. The molecule has 0 bridgehead atoms. The standard InChI is InChI=1S/C10H10N2O3S2/c1-17(13,14)8-4-2-3-7(5-8)15-10-12-6-9(11)16-10/h2-6H,11H2,1H3. The Labute approximate surface area is 103 Å². The van der Waals surface area contributed by atoms with Gasteiger partial charge in [0.2, 0.25) is 0 Å². The summed E-state index contributed by atoms with van der Waals surface area (Å²) in [6.45, 7) is 0. The minimum absolute atomic E-state index is 0.208. The number of rotatable bonds is 3. The normalized spacial score (nSPS) is 11.4. The van der Waals surface area contributed by atoms with Gasteiger partial charge in [-0.05, 0) is 18.2 Å². The highest BCUT2D eigenvalue weighted by molar-refractivity contribution is 7.90. The van der Waals surface area contributed by atoms with Crippen LogP contribution in [0.2, 0.25) is 0 Å². The molecule has 2 aromatic rings. The van der Waals surface area contributed by atoms with Crippen molar-refractivity contribution in [3.05, 3.63) is 30.5 Å².